The van der Waals surface area contributed by atoms with Crippen LogP contribution in [0.15, 0.2) is 18.2 Å². The molecule has 0 bridgehead atoms. The molecule has 1 unspecified atom stereocenters. The fourth-order valence-electron chi connectivity index (χ4n) is 1.45. The van der Waals surface area contributed by atoms with Gasteiger partial charge in [0, 0.05) is 0 Å². The van der Waals surface area contributed by atoms with Gasteiger partial charge >= 0.3 is 5.97 Å². The van der Waals surface area contributed by atoms with Crippen molar-refractivity contribution in [2.24, 2.45) is 0 Å². The van der Waals surface area contributed by atoms with E-state index in [0.717, 1.165) is 6.42 Å². The lowest BCUT2D eigenvalue weighted by atomic mass is 10.2. The first-order chi connectivity index (χ1) is 8.60. The number of carbonyl (C=O) groups is 1. The highest BCUT2D eigenvalue weighted by Crippen LogP contribution is 2.32. The molecule has 5 heteroatoms. The summed E-state index contributed by atoms with van der Waals surface area (Å²) in [4.78, 5) is 11.7. The van der Waals surface area contributed by atoms with Crippen LogP contribution in [0.1, 0.15) is 26.7 Å². The van der Waals surface area contributed by atoms with Gasteiger partial charge in [-0.15, -0.1) is 0 Å². The molecule has 100 valence electrons. The lowest BCUT2D eigenvalue weighted by Crippen LogP contribution is -2.29. The topological polar surface area (TPSA) is 35.5 Å². The molecule has 0 fully saturated rings. The normalized spacial score (nSPS) is 12.0. The third kappa shape index (κ3) is 4.07. The summed E-state index contributed by atoms with van der Waals surface area (Å²) in [5.74, 6) is 0.0195. The molecule has 0 heterocycles. The number of esters is 1. The second-order valence-electron chi connectivity index (χ2n) is 3.70. The lowest BCUT2D eigenvalue weighted by molar-refractivity contribution is -0.151. The van der Waals surface area contributed by atoms with Gasteiger partial charge in [-0.25, -0.2) is 4.79 Å². The van der Waals surface area contributed by atoms with Gasteiger partial charge in [0.25, 0.3) is 0 Å². The summed E-state index contributed by atoms with van der Waals surface area (Å²) in [7, 11) is 0. The highest BCUT2D eigenvalue weighted by molar-refractivity contribution is 6.42. The monoisotopic (exact) mass is 290 g/mol. The molecule has 1 aromatic carbocycles. The highest BCUT2D eigenvalue weighted by Gasteiger charge is 2.22. The summed E-state index contributed by atoms with van der Waals surface area (Å²) < 4.78 is 10.5. The maximum Gasteiger partial charge on any atom is 0.347 e. The molecule has 0 spiro atoms. The SMILES string of the molecule is CCCC(Oc1cccc(Cl)c1Cl)C(=O)OCC. The predicted molar refractivity (Wildman–Crippen MR) is 72.4 cm³/mol. The molecule has 1 aromatic rings. The second-order valence-corrected chi connectivity index (χ2v) is 4.48. The van der Waals surface area contributed by atoms with Gasteiger partial charge in [-0.3, -0.25) is 0 Å². The van der Waals surface area contributed by atoms with Gasteiger partial charge in [0.05, 0.1) is 11.6 Å². The third-order valence-corrected chi connectivity index (χ3v) is 3.09. The Hall–Kier alpha value is -0.930. The van der Waals surface area contributed by atoms with Crippen molar-refractivity contribution in [2.45, 2.75) is 32.8 Å². The van der Waals surface area contributed by atoms with Crippen LogP contribution in [0, 0.1) is 0 Å². The van der Waals surface area contributed by atoms with E-state index < -0.39 is 6.10 Å². The molecule has 3 nitrogen and oxygen atoms in total. The summed E-state index contributed by atoms with van der Waals surface area (Å²) in [5, 5.41) is 0.706. The summed E-state index contributed by atoms with van der Waals surface area (Å²) in [6, 6.07) is 5.06. The van der Waals surface area contributed by atoms with Gasteiger partial charge in [-0.2, -0.15) is 0 Å². The average Bonchev–Trinajstić information content (AvgIpc) is 2.34. The number of ether oxygens (including phenoxy) is 2. The van der Waals surface area contributed by atoms with Crippen molar-refractivity contribution < 1.29 is 14.3 Å². The quantitative estimate of drug-likeness (QED) is 0.740. The summed E-state index contributed by atoms with van der Waals surface area (Å²) in [6.07, 6.45) is 0.731. The number of halogens is 2. The lowest BCUT2D eigenvalue weighted by Gasteiger charge is -2.18. The van der Waals surface area contributed by atoms with E-state index in [4.69, 9.17) is 32.7 Å². The zero-order valence-corrected chi connectivity index (χ0v) is 11.9. The van der Waals surface area contributed by atoms with Crippen LogP contribution in [-0.4, -0.2) is 18.7 Å². The van der Waals surface area contributed by atoms with Crippen LogP contribution in [-0.2, 0) is 9.53 Å². The molecular formula is C13H16Cl2O3. The number of benzene rings is 1. The smallest absolute Gasteiger partial charge is 0.347 e. The molecule has 0 aromatic heterocycles. The molecule has 0 aliphatic rings. The molecule has 1 atom stereocenters. The Balaban J connectivity index is 2.82. The van der Waals surface area contributed by atoms with E-state index in [1.807, 2.05) is 6.92 Å². The Kier molecular flexibility index (Phi) is 6.30. The van der Waals surface area contributed by atoms with Crippen molar-refractivity contribution in [3.63, 3.8) is 0 Å². The molecule has 0 saturated heterocycles. The van der Waals surface area contributed by atoms with Crippen molar-refractivity contribution >= 4 is 29.2 Å². The van der Waals surface area contributed by atoms with Crippen LogP contribution in [0.5, 0.6) is 5.75 Å². The van der Waals surface area contributed by atoms with Crippen LogP contribution in [0.2, 0.25) is 10.0 Å². The van der Waals surface area contributed by atoms with E-state index >= 15 is 0 Å². The minimum atomic E-state index is -0.647. The second kappa shape index (κ2) is 7.49. The van der Waals surface area contributed by atoms with E-state index in [-0.39, 0.29) is 5.97 Å². The zero-order valence-electron chi connectivity index (χ0n) is 10.4. The van der Waals surface area contributed by atoms with E-state index in [1.165, 1.54) is 0 Å². The Labute approximate surface area is 117 Å². The van der Waals surface area contributed by atoms with Crippen LogP contribution < -0.4 is 4.74 Å². The Morgan fingerprint density at radius 3 is 2.67 bits per heavy atom. The van der Waals surface area contributed by atoms with Gasteiger partial charge in [0.2, 0.25) is 0 Å². The van der Waals surface area contributed by atoms with Crippen LogP contribution in [0.25, 0.3) is 0 Å². The van der Waals surface area contributed by atoms with E-state index in [1.54, 1.807) is 25.1 Å². The summed E-state index contributed by atoms with van der Waals surface area (Å²) in [6.45, 7) is 4.05. The highest BCUT2D eigenvalue weighted by atomic mass is 35.5. The minimum absolute atomic E-state index is 0.310. The molecular weight excluding hydrogens is 275 g/mol. The van der Waals surface area contributed by atoms with Gasteiger partial charge in [-0.1, -0.05) is 42.6 Å². The third-order valence-electron chi connectivity index (χ3n) is 2.29. The largest absolute Gasteiger partial charge is 0.477 e. The summed E-state index contributed by atoms with van der Waals surface area (Å²) >= 11 is 11.9. The number of carbonyl (C=O) groups excluding carboxylic acids is 1. The Bertz CT molecular complexity index is 407. The number of hydrogen-bond donors (Lipinski definition) is 0. The van der Waals surface area contributed by atoms with Crippen LogP contribution >= 0.6 is 23.2 Å². The van der Waals surface area contributed by atoms with E-state index in [2.05, 4.69) is 0 Å². The van der Waals surface area contributed by atoms with Crippen molar-refractivity contribution in [1.29, 1.82) is 0 Å². The first kappa shape index (κ1) is 15.1. The molecule has 18 heavy (non-hydrogen) atoms. The zero-order chi connectivity index (χ0) is 13.5. The van der Waals surface area contributed by atoms with Gasteiger partial charge < -0.3 is 9.47 Å². The van der Waals surface area contributed by atoms with Crippen molar-refractivity contribution in [2.75, 3.05) is 6.61 Å². The maximum atomic E-state index is 11.7. The molecule has 0 saturated carbocycles. The Morgan fingerprint density at radius 2 is 2.06 bits per heavy atom. The van der Waals surface area contributed by atoms with E-state index in [0.29, 0.717) is 28.8 Å². The first-order valence-electron chi connectivity index (χ1n) is 5.87. The predicted octanol–water partition coefficient (Wildman–Crippen LogP) is 4.10. The first-order valence-corrected chi connectivity index (χ1v) is 6.63. The average molecular weight is 291 g/mol. The number of rotatable bonds is 6. The van der Waals surface area contributed by atoms with Crippen LogP contribution in [0.4, 0.5) is 0 Å². The molecule has 0 amide bonds. The number of hydrogen-bond acceptors (Lipinski definition) is 3. The molecule has 0 aliphatic carbocycles. The maximum absolute atomic E-state index is 11.7. The van der Waals surface area contributed by atoms with Gasteiger partial charge in [-0.05, 0) is 25.5 Å². The van der Waals surface area contributed by atoms with Crippen molar-refractivity contribution in [3.8, 4) is 5.75 Å². The van der Waals surface area contributed by atoms with Crippen LogP contribution in [0.3, 0.4) is 0 Å². The molecule has 0 N–H and O–H groups in total. The molecule has 0 aliphatic heterocycles. The standard InChI is InChI=1S/C13H16Cl2O3/c1-3-6-11(13(16)17-4-2)18-10-8-5-7-9(14)12(10)15/h5,7-8,11H,3-4,6H2,1-2H3. The minimum Gasteiger partial charge on any atom is -0.477 e. The Morgan fingerprint density at radius 1 is 1.33 bits per heavy atom. The van der Waals surface area contributed by atoms with Crippen molar-refractivity contribution in [3.05, 3.63) is 28.2 Å². The fraction of sp³-hybridized carbons (Fsp3) is 0.462. The van der Waals surface area contributed by atoms with Crippen molar-refractivity contribution in [1.82, 2.24) is 0 Å². The van der Waals surface area contributed by atoms with E-state index in [9.17, 15) is 4.79 Å². The molecule has 1 rings (SSSR count). The summed E-state index contributed by atoms with van der Waals surface area (Å²) in [5.41, 5.74) is 0. The van der Waals surface area contributed by atoms with Gasteiger partial charge in [0.15, 0.2) is 6.10 Å². The van der Waals surface area contributed by atoms with Gasteiger partial charge in [0.1, 0.15) is 10.8 Å². The fourth-order valence-corrected chi connectivity index (χ4v) is 1.79. The molecule has 0 radical (unpaired) electrons.